The topological polar surface area (TPSA) is 95.5 Å². The van der Waals surface area contributed by atoms with Crippen molar-refractivity contribution in [3.8, 4) is 5.75 Å². The minimum absolute atomic E-state index is 0.00183. The van der Waals surface area contributed by atoms with Gasteiger partial charge in [0, 0.05) is 42.2 Å². The van der Waals surface area contributed by atoms with E-state index in [0.29, 0.717) is 18.5 Å². The lowest BCUT2D eigenvalue weighted by Gasteiger charge is -2.20. The third-order valence-electron chi connectivity index (χ3n) is 6.28. The Morgan fingerprint density at radius 1 is 1.08 bits per heavy atom. The number of aliphatic hydroxyl groups is 1. The Kier molecular flexibility index (Phi) is 8.81. The monoisotopic (exact) mass is 498 g/mol. The molecule has 0 radical (unpaired) electrons. The molecule has 2 atom stereocenters. The number of nitrogens with zero attached hydrogens (tertiary/aromatic N) is 1. The number of methoxy groups -OCH3 is 1. The van der Waals surface area contributed by atoms with Crippen LogP contribution in [0.2, 0.25) is 0 Å². The number of carbonyl (C=O) groups excluding carboxylic acids is 1. The second-order valence-corrected chi connectivity index (χ2v) is 9.14. The Labute approximate surface area is 218 Å². The summed E-state index contributed by atoms with van der Waals surface area (Å²) in [6.07, 6.45) is 11.2. The highest BCUT2D eigenvalue weighted by molar-refractivity contribution is 5.92. The molecule has 0 aliphatic heterocycles. The minimum Gasteiger partial charge on any atom is -0.497 e. The SMILES string of the molecule is COc1cc(NC(C)CCCNC(=O)[C@@H](Cc2ccccc2)NC(O)=C2C=CC=C2)c2ncccc2c1. The Bertz CT molecular complexity index is 1290. The number of aromatic nitrogens is 1. The summed E-state index contributed by atoms with van der Waals surface area (Å²) in [5.41, 5.74) is 3.50. The predicted molar refractivity (Wildman–Crippen MR) is 149 cm³/mol. The quantitative estimate of drug-likeness (QED) is 0.207. The van der Waals surface area contributed by atoms with E-state index in [1.165, 1.54) is 0 Å². The second kappa shape index (κ2) is 12.6. The molecular weight excluding hydrogens is 464 g/mol. The van der Waals surface area contributed by atoms with Crippen molar-refractivity contribution in [3.63, 3.8) is 0 Å². The number of anilines is 1. The van der Waals surface area contributed by atoms with Crippen LogP contribution in [0.25, 0.3) is 10.9 Å². The molecular formula is C30H34N4O3. The van der Waals surface area contributed by atoms with E-state index in [0.717, 1.165) is 40.7 Å². The summed E-state index contributed by atoms with van der Waals surface area (Å²) in [5.74, 6) is 0.629. The lowest BCUT2D eigenvalue weighted by atomic mass is 10.0. The first kappa shape index (κ1) is 25.8. The lowest BCUT2D eigenvalue weighted by molar-refractivity contribution is -0.123. The number of pyridine rings is 1. The lowest BCUT2D eigenvalue weighted by Crippen LogP contribution is -2.45. The molecule has 37 heavy (non-hydrogen) atoms. The summed E-state index contributed by atoms with van der Waals surface area (Å²) >= 11 is 0. The van der Waals surface area contributed by atoms with Gasteiger partial charge in [-0.2, -0.15) is 0 Å². The summed E-state index contributed by atoms with van der Waals surface area (Å²) in [4.78, 5) is 17.6. The molecule has 1 aromatic heterocycles. The van der Waals surface area contributed by atoms with Gasteiger partial charge in [-0.05, 0) is 49.6 Å². The number of hydrogen-bond acceptors (Lipinski definition) is 6. The fourth-order valence-corrected chi connectivity index (χ4v) is 4.31. The van der Waals surface area contributed by atoms with Gasteiger partial charge < -0.3 is 25.8 Å². The zero-order chi connectivity index (χ0) is 26.0. The van der Waals surface area contributed by atoms with Crippen molar-refractivity contribution in [2.24, 2.45) is 0 Å². The van der Waals surface area contributed by atoms with Gasteiger partial charge in [-0.3, -0.25) is 9.78 Å². The third kappa shape index (κ3) is 7.13. The molecule has 1 aliphatic rings. The number of aliphatic hydroxyl groups excluding tert-OH is 1. The fraction of sp³-hybridized carbons (Fsp3) is 0.267. The molecule has 7 heteroatoms. The standard InChI is InChI=1S/C30H34N4O3/c1-21(33-26-20-25(37-2)19-24-15-9-16-31-28(24)26)10-8-17-32-30(36)27(18-22-11-4-3-5-12-22)34-29(35)23-13-6-7-14-23/h3-7,9,11-16,19-21,27,33-35H,8,10,17-18H2,1-2H3,(H,32,36)/t21?,27-/m1/s1. The maximum atomic E-state index is 13.1. The van der Waals surface area contributed by atoms with Gasteiger partial charge in [-0.15, -0.1) is 0 Å². The number of allylic oxidation sites excluding steroid dienone is 5. The number of nitrogens with one attached hydrogen (secondary N) is 3. The van der Waals surface area contributed by atoms with Crippen LogP contribution in [-0.4, -0.2) is 41.7 Å². The molecule has 0 spiro atoms. The first-order chi connectivity index (χ1) is 18.0. The second-order valence-electron chi connectivity index (χ2n) is 9.14. The summed E-state index contributed by atoms with van der Waals surface area (Å²) in [6, 6.07) is 17.2. The number of rotatable bonds is 12. The average molecular weight is 499 g/mol. The van der Waals surface area contributed by atoms with Gasteiger partial charge in [0.1, 0.15) is 11.8 Å². The number of amides is 1. The van der Waals surface area contributed by atoms with E-state index in [9.17, 15) is 9.90 Å². The van der Waals surface area contributed by atoms with E-state index < -0.39 is 6.04 Å². The molecule has 4 rings (SSSR count). The highest BCUT2D eigenvalue weighted by atomic mass is 16.5. The summed E-state index contributed by atoms with van der Waals surface area (Å²) in [7, 11) is 1.66. The van der Waals surface area contributed by atoms with Crippen molar-refractivity contribution in [2.45, 2.75) is 38.3 Å². The van der Waals surface area contributed by atoms with Crippen molar-refractivity contribution in [2.75, 3.05) is 19.0 Å². The molecule has 1 amide bonds. The van der Waals surface area contributed by atoms with E-state index in [1.54, 1.807) is 25.5 Å². The molecule has 192 valence electrons. The normalized spacial score (nSPS) is 13.8. The van der Waals surface area contributed by atoms with Crippen LogP contribution in [0.15, 0.2) is 96.6 Å². The van der Waals surface area contributed by atoms with Gasteiger partial charge in [0.25, 0.3) is 0 Å². The minimum atomic E-state index is -0.595. The van der Waals surface area contributed by atoms with Crippen molar-refractivity contribution >= 4 is 22.5 Å². The molecule has 7 nitrogen and oxygen atoms in total. The van der Waals surface area contributed by atoms with Crippen LogP contribution in [0.3, 0.4) is 0 Å². The first-order valence-electron chi connectivity index (χ1n) is 12.6. The van der Waals surface area contributed by atoms with Crippen molar-refractivity contribution in [1.29, 1.82) is 0 Å². The van der Waals surface area contributed by atoms with Gasteiger partial charge >= 0.3 is 0 Å². The van der Waals surface area contributed by atoms with Crippen molar-refractivity contribution < 1.29 is 14.6 Å². The molecule has 4 N–H and O–H groups in total. The molecule has 3 aromatic rings. The Morgan fingerprint density at radius 3 is 2.62 bits per heavy atom. The van der Waals surface area contributed by atoms with E-state index in [2.05, 4.69) is 27.9 Å². The Hall–Kier alpha value is -4.26. The third-order valence-corrected chi connectivity index (χ3v) is 6.28. The molecule has 1 aliphatic carbocycles. The van der Waals surface area contributed by atoms with E-state index in [4.69, 9.17) is 4.74 Å². The van der Waals surface area contributed by atoms with Gasteiger partial charge in [0.05, 0.1) is 18.3 Å². The molecule has 0 fully saturated rings. The highest BCUT2D eigenvalue weighted by Gasteiger charge is 2.20. The van der Waals surface area contributed by atoms with Crippen LogP contribution in [0.1, 0.15) is 25.3 Å². The number of carbonyl (C=O) groups is 1. The average Bonchev–Trinajstić information content (AvgIpc) is 3.46. The van der Waals surface area contributed by atoms with E-state index in [-0.39, 0.29) is 17.8 Å². The van der Waals surface area contributed by atoms with Gasteiger partial charge in [-0.1, -0.05) is 48.6 Å². The molecule has 2 aromatic carbocycles. The van der Waals surface area contributed by atoms with Crippen molar-refractivity contribution in [3.05, 3.63) is 102 Å². The van der Waals surface area contributed by atoms with Crippen LogP contribution >= 0.6 is 0 Å². The molecule has 0 bridgehead atoms. The maximum Gasteiger partial charge on any atom is 0.242 e. The van der Waals surface area contributed by atoms with Crippen LogP contribution in [0.4, 0.5) is 5.69 Å². The number of hydrogen-bond donors (Lipinski definition) is 4. The Morgan fingerprint density at radius 2 is 1.86 bits per heavy atom. The van der Waals surface area contributed by atoms with Gasteiger partial charge in [0.2, 0.25) is 5.91 Å². The first-order valence-corrected chi connectivity index (χ1v) is 12.6. The fourth-order valence-electron chi connectivity index (χ4n) is 4.31. The number of benzene rings is 2. The van der Waals surface area contributed by atoms with Gasteiger partial charge in [-0.25, -0.2) is 0 Å². The maximum absolute atomic E-state index is 13.1. The summed E-state index contributed by atoms with van der Waals surface area (Å²) < 4.78 is 5.44. The predicted octanol–water partition coefficient (Wildman–Crippen LogP) is 5.04. The van der Waals surface area contributed by atoms with Crippen LogP contribution < -0.4 is 20.7 Å². The van der Waals surface area contributed by atoms with E-state index in [1.807, 2.05) is 66.7 Å². The van der Waals surface area contributed by atoms with Crippen LogP contribution in [0.5, 0.6) is 5.75 Å². The number of ether oxygens (including phenoxy) is 1. The van der Waals surface area contributed by atoms with Crippen LogP contribution in [-0.2, 0) is 11.2 Å². The molecule has 1 unspecified atom stereocenters. The number of fused-ring (bicyclic) bond motifs is 1. The summed E-state index contributed by atoms with van der Waals surface area (Å²) in [5, 5.41) is 21.1. The summed E-state index contributed by atoms with van der Waals surface area (Å²) in [6.45, 7) is 2.65. The Balaban J connectivity index is 1.32. The smallest absolute Gasteiger partial charge is 0.242 e. The highest BCUT2D eigenvalue weighted by Crippen LogP contribution is 2.28. The zero-order valence-corrected chi connectivity index (χ0v) is 21.3. The molecule has 0 saturated carbocycles. The molecule has 1 heterocycles. The van der Waals surface area contributed by atoms with E-state index >= 15 is 0 Å². The zero-order valence-electron chi connectivity index (χ0n) is 21.3. The van der Waals surface area contributed by atoms with Crippen LogP contribution in [0, 0.1) is 0 Å². The van der Waals surface area contributed by atoms with Gasteiger partial charge in [0.15, 0.2) is 5.88 Å². The van der Waals surface area contributed by atoms with Crippen molar-refractivity contribution in [1.82, 2.24) is 15.6 Å². The largest absolute Gasteiger partial charge is 0.497 e. The molecule has 0 saturated heterocycles.